The maximum absolute atomic E-state index is 10.7. The van der Waals surface area contributed by atoms with Crippen LogP contribution < -0.4 is 0 Å². The molecule has 0 amide bonds. The molecule has 1 aliphatic heterocycles. The highest BCUT2D eigenvalue weighted by Gasteiger charge is 2.35. The molecule has 1 fully saturated rings. The zero-order valence-corrected chi connectivity index (χ0v) is 17.7. The summed E-state index contributed by atoms with van der Waals surface area (Å²) < 4.78 is 1.79. The number of rotatable bonds is 6. The number of thioether (sulfide) groups is 1. The van der Waals surface area contributed by atoms with E-state index in [2.05, 4.69) is 49.6 Å². The van der Waals surface area contributed by atoms with Gasteiger partial charge in [0.25, 0.3) is 0 Å². The molecule has 2 heterocycles. The summed E-state index contributed by atoms with van der Waals surface area (Å²) in [4.78, 5) is 2.47. The van der Waals surface area contributed by atoms with Crippen LogP contribution in [0.4, 0.5) is 0 Å². The molecule has 2 aromatic rings. The molecule has 0 spiro atoms. The summed E-state index contributed by atoms with van der Waals surface area (Å²) in [5.41, 5.74) is 2.47. The number of hydrogen-bond donors (Lipinski definition) is 2. The van der Waals surface area contributed by atoms with Crippen LogP contribution in [0.3, 0.4) is 0 Å². The second-order valence-electron chi connectivity index (χ2n) is 7.90. The van der Waals surface area contributed by atoms with Crippen LogP contribution in [-0.4, -0.2) is 42.8 Å². The van der Waals surface area contributed by atoms with E-state index in [0.717, 1.165) is 18.8 Å². The Morgan fingerprint density at radius 2 is 1.86 bits per heavy atom. The van der Waals surface area contributed by atoms with Gasteiger partial charge < -0.3 is 10.2 Å². The Bertz CT molecular complexity index is 855. The van der Waals surface area contributed by atoms with E-state index in [9.17, 15) is 10.2 Å². The third-order valence-corrected chi connectivity index (χ3v) is 6.67. The van der Waals surface area contributed by atoms with Gasteiger partial charge in [-0.3, -0.25) is 9.47 Å². The van der Waals surface area contributed by atoms with E-state index in [4.69, 9.17) is 0 Å². The van der Waals surface area contributed by atoms with Crippen molar-refractivity contribution in [2.75, 3.05) is 12.3 Å². The van der Waals surface area contributed by atoms with Crippen LogP contribution in [0.2, 0.25) is 0 Å². The van der Waals surface area contributed by atoms with Gasteiger partial charge in [0.2, 0.25) is 11.8 Å². The second kappa shape index (κ2) is 8.50. The molecular formula is C23H30N2O2S. The van der Waals surface area contributed by atoms with Gasteiger partial charge >= 0.3 is 0 Å². The Labute approximate surface area is 172 Å². The van der Waals surface area contributed by atoms with Gasteiger partial charge in [-0.25, -0.2) is 0 Å². The lowest BCUT2D eigenvalue weighted by Gasteiger charge is -2.43. The highest BCUT2D eigenvalue weighted by Crippen LogP contribution is 2.39. The largest absolute Gasteiger partial charge is 0.494 e. The first-order valence-electron chi connectivity index (χ1n) is 9.67. The van der Waals surface area contributed by atoms with E-state index in [0.29, 0.717) is 17.7 Å². The monoisotopic (exact) mass is 398 g/mol. The Morgan fingerprint density at radius 3 is 2.50 bits per heavy atom. The molecule has 0 radical (unpaired) electrons. The summed E-state index contributed by atoms with van der Waals surface area (Å²) >= 11 is 1.95. The van der Waals surface area contributed by atoms with Crippen LogP contribution in [0.1, 0.15) is 37.5 Å². The molecular weight excluding hydrogens is 368 g/mol. The smallest absolute Gasteiger partial charge is 0.202 e. The van der Waals surface area contributed by atoms with Crippen molar-refractivity contribution in [2.45, 2.75) is 44.6 Å². The van der Waals surface area contributed by atoms with Crippen LogP contribution >= 0.6 is 11.8 Å². The molecule has 1 aliphatic rings. The molecule has 1 atom stereocenters. The van der Waals surface area contributed by atoms with Crippen molar-refractivity contribution in [1.29, 1.82) is 0 Å². The fourth-order valence-electron chi connectivity index (χ4n) is 3.81. The average molecular weight is 399 g/mol. The molecule has 4 nitrogen and oxygen atoms in total. The molecule has 0 aliphatic carbocycles. The van der Waals surface area contributed by atoms with Crippen LogP contribution in [0.15, 0.2) is 43.0 Å². The lowest BCUT2D eigenvalue weighted by Crippen LogP contribution is -2.50. The van der Waals surface area contributed by atoms with E-state index in [1.165, 1.54) is 5.56 Å². The van der Waals surface area contributed by atoms with Crippen molar-refractivity contribution >= 4 is 23.9 Å². The Morgan fingerprint density at radius 1 is 1.18 bits per heavy atom. The normalized spacial score (nSPS) is 19.9. The lowest BCUT2D eigenvalue weighted by molar-refractivity contribution is 0.158. The number of aromatic hydroxyl groups is 2. The third-order valence-electron chi connectivity index (χ3n) is 5.21. The third kappa shape index (κ3) is 4.31. The van der Waals surface area contributed by atoms with Gasteiger partial charge in [0.15, 0.2) is 0 Å². The lowest BCUT2D eigenvalue weighted by atomic mass is 10.1. The van der Waals surface area contributed by atoms with Gasteiger partial charge in [0.1, 0.15) is 0 Å². The van der Waals surface area contributed by atoms with E-state index in [-0.39, 0.29) is 22.5 Å². The molecule has 28 heavy (non-hydrogen) atoms. The first kappa shape index (κ1) is 20.6. The van der Waals surface area contributed by atoms with Gasteiger partial charge in [-0.15, -0.1) is 0 Å². The zero-order chi connectivity index (χ0) is 20.3. The minimum atomic E-state index is 0.0788. The second-order valence-corrected chi connectivity index (χ2v) is 9.63. The molecule has 0 saturated carbocycles. The first-order chi connectivity index (χ1) is 13.4. The molecule has 1 aromatic carbocycles. The minimum absolute atomic E-state index is 0.0788. The highest BCUT2D eigenvalue weighted by atomic mass is 32.2. The summed E-state index contributed by atoms with van der Waals surface area (Å²) in [5.74, 6) is 1.12. The molecule has 1 unspecified atom stereocenters. The molecule has 2 N–H and O–H groups in total. The summed E-state index contributed by atoms with van der Waals surface area (Å²) in [6.07, 6.45) is 5.26. The molecule has 1 aromatic heterocycles. The van der Waals surface area contributed by atoms with Gasteiger partial charge in [-0.1, -0.05) is 55.1 Å². The maximum atomic E-state index is 10.7. The Balaban J connectivity index is 1.90. The summed E-state index contributed by atoms with van der Waals surface area (Å²) in [6.45, 7) is 12.6. The van der Waals surface area contributed by atoms with E-state index in [1.807, 2.05) is 36.9 Å². The van der Waals surface area contributed by atoms with Crippen molar-refractivity contribution in [3.05, 3.63) is 59.7 Å². The van der Waals surface area contributed by atoms with Gasteiger partial charge in [-0.2, -0.15) is 11.8 Å². The number of aromatic nitrogens is 1. The minimum Gasteiger partial charge on any atom is -0.494 e. The van der Waals surface area contributed by atoms with E-state index in [1.54, 1.807) is 10.6 Å². The summed E-state index contributed by atoms with van der Waals surface area (Å²) in [7, 11) is 0. The van der Waals surface area contributed by atoms with Gasteiger partial charge in [0.05, 0.1) is 0 Å². The van der Waals surface area contributed by atoms with Crippen molar-refractivity contribution in [2.24, 2.45) is 0 Å². The summed E-state index contributed by atoms with van der Waals surface area (Å²) in [6, 6.07) is 10.7. The molecule has 150 valence electrons. The fourth-order valence-corrected chi connectivity index (χ4v) is 5.03. The first-order valence-corrected chi connectivity index (χ1v) is 10.7. The zero-order valence-electron chi connectivity index (χ0n) is 16.9. The van der Waals surface area contributed by atoms with Crippen molar-refractivity contribution in [3.8, 4) is 11.8 Å². The SMILES string of the molecule is C=Cc1c(/C=C\C)c(O)n(CC2CSC(C)(C)CN2Cc2ccccc2)c1O. The van der Waals surface area contributed by atoms with E-state index >= 15 is 0 Å². The summed E-state index contributed by atoms with van der Waals surface area (Å²) in [5, 5.41) is 21.4. The van der Waals surface area contributed by atoms with Gasteiger partial charge in [0, 0.05) is 47.3 Å². The molecule has 5 heteroatoms. The number of nitrogens with zero attached hydrogens (tertiary/aromatic N) is 2. The predicted molar refractivity (Wildman–Crippen MR) is 120 cm³/mol. The van der Waals surface area contributed by atoms with Crippen LogP contribution in [0, 0.1) is 0 Å². The Hall–Kier alpha value is -2.11. The van der Waals surface area contributed by atoms with Gasteiger partial charge in [-0.05, 0) is 26.3 Å². The number of hydrogen-bond acceptors (Lipinski definition) is 4. The van der Waals surface area contributed by atoms with Crippen LogP contribution in [0.5, 0.6) is 11.8 Å². The standard InChI is InChI=1S/C23H30N2O2S/c1-5-10-20-19(6-2)21(26)25(22(20)27)14-18-15-28-23(3,4)16-24(18)13-17-11-8-7-9-12-17/h5-12,18,26-27H,2,13-16H2,1,3-4H3/b10-5-. The quantitative estimate of drug-likeness (QED) is 0.721. The van der Waals surface area contributed by atoms with E-state index < -0.39 is 0 Å². The number of allylic oxidation sites excluding steroid dienone is 1. The topological polar surface area (TPSA) is 48.6 Å². The molecule has 3 rings (SSSR count). The highest BCUT2D eigenvalue weighted by molar-refractivity contribution is 8.00. The Kier molecular flexibility index (Phi) is 6.26. The predicted octanol–water partition coefficient (Wildman–Crippen LogP) is 4.97. The molecule has 0 bridgehead atoms. The van der Waals surface area contributed by atoms with Crippen LogP contribution in [-0.2, 0) is 13.1 Å². The van der Waals surface area contributed by atoms with Crippen molar-refractivity contribution in [3.63, 3.8) is 0 Å². The van der Waals surface area contributed by atoms with Crippen LogP contribution in [0.25, 0.3) is 12.2 Å². The fraction of sp³-hybridized carbons (Fsp3) is 0.391. The van der Waals surface area contributed by atoms with Crippen molar-refractivity contribution in [1.82, 2.24) is 9.47 Å². The number of benzene rings is 1. The maximum Gasteiger partial charge on any atom is 0.202 e. The average Bonchev–Trinajstić information content (AvgIpc) is 2.88. The van der Waals surface area contributed by atoms with Crippen molar-refractivity contribution < 1.29 is 10.2 Å². The molecule has 1 saturated heterocycles.